The molecule has 0 saturated carbocycles. The topological polar surface area (TPSA) is 231 Å². The zero-order valence-corrected chi connectivity index (χ0v) is 57.1. The lowest BCUT2D eigenvalue weighted by atomic mass is 10.1. The number of esters is 3. The number of hydrogen-bond acceptors (Lipinski definition) is 14. The van der Waals surface area contributed by atoms with Crippen LogP contribution in [0.1, 0.15) is 265 Å². The van der Waals surface area contributed by atoms with Gasteiger partial charge in [0, 0.05) is 19.3 Å². The Labute approximate surface area is 539 Å². The van der Waals surface area contributed by atoms with Gasteiger partial charge in [-0.1, -0.05) is 226 Å². The van der Waals surface area contributed by atoms with Gasteiger partial charge in [-0.3, -0.25) is 32.5 Å². The van der Waals surface area contributed by atoms with Crippen LogP contribution < -0.4 is 0 Å². The summed E-state index contributed by atoms with van der Waals surface area (Å²) in [6.45, 7) is 2.48. The third kappa shape index (κ3) is 65.5. The molecule has 0 rings (SSSR count). The summed E-state index contributed by atoms with van der Waals surface area (Å²) in [6, 6.07) is 0. The molecule has 0 aromatic heterocycles. The molecule has 0 spiro atoms. The number of phosphoric ester groups is 2. The Bertz CT molecular complexity index is 2060. The van der Waals surface area contributed by atoms with Crippen LogP contribution in [0, 0.1) is 0 Å². The minimum atomic E-state index is -4.93. The van der Waals surface area contributed by atoms with Gasteiger partial charge in [-0.15, -0.1) is 0 Å². The molecule has 18 heteroatoms. The van der Waals surface area contributed by atoms with E-state index in [1.807, 2.05) is 0 Å². The van der Waals surface area contributed by atoms with Crippen molar-refractivity contribution >= 4 is 33.6 Å². The molecule has 0 amide bonds. The van der Waals surface area contributed by atoms with Gasteiger partial charge >= 0.3 is 33.6 Å². The monoisotopic (exact) mass is 1290 g/mol. The Morgan fingerprint density at radius 3 is 0.933 bits per heavy atom. The largest absolute Gasteiger partial charge is 0.472 e. The molecule has 0 saturated heterocycles. The normalized spacial score (nSPS) is 14.9. The van der Waals surface area contributed by atoms with Crippen molar-refractivity contribution in [1.29, 1.82) is 0 Å². The van der Waals surface area contributed by atoms with Crippen molar-refractivity contribution in [3.8, 4) is 0 Å². The molecule has 0 radical (unpaired) electrons. The molecule has 0 aliphatic rings. The highest BCUT2D eigenvalue weighted by Crippen LogP contribution is 2.45. The number of allylic oxidation sites excluding steroid dienone is 18. The Balaban J connectivity index is 4.67. The molecule has 0 aliphatic heterocycles. The van der Waals surface area contributed by atoms with E-state index in [0.29, 0.717) is 19.3 Å². The zero-order valence-electron chi connectivity index (χ0n) is 55.3. The molecule has 89 heavy (non-hydrogen) atoms. The highest BCUT2D eigenvalue weighted by atomic mass is 31.2. The number of rotatable bonds is 64. The number of ether oxygens (including phenoxy) is 3. The predicted octanol–water partition coefficient (Wildman–Crippen LogP) is 18.9. The third-order valence-corrected chi connectivity index (χ3v) is 15.8. The molecule has 4 N–H and O–H groups in total. The number of hydrogen-bond donors (Lipinski definition) is 4. The van der Waals surface area contributed by atoms with Gasteiger partial charge in [0.25, 0.3) is 0 Å². The SMILES string of the molecule is CCC/C=C\C/C=C\CCCCCCCC(=O)OC(COC(=O)CCCCCCCC/C=C\C/C=C\C/C=C\CCCCC)COP(=O)(O)OCC(O)COP(=O)(O)OCC(O)COC(=O)CCCCCCC/C=C\C/C=C\C/C=C\C/C=C\CCCCC. The second-order valence-electron chi connectivity index (χ2n) is 22.6. The Morgan fingerprint density at radius 2 is 0.584 bits per heavy atom. The van der Waals surface area contributed by atoms with E-state index in [-0.39, 0.29) is 19.3 Å². The fourth-order valence-corrected chi connectivity index (χ4v) is 10.2. The van der Waals surface area contributed by atoms with Gasteiger partial charge in [-0.2, -0.15) is 0 Å². The fraction of sp³-hybridized carbons (Fsp3) is 0.704. The average Bonchev–Trinajstić information content (AvgIpc) is 3.66. The molecule has 0 fully saturated rings. The first-order chi connectivity index (χ1) is 43.2. The molecule has 5 unspecified atom stereocenters. The zero-order chi connectivity index (χ0) is 65.3. The lowest BCUT2D eigenvalue weighted by Crippen LogP contribution is -2.30. The van der Waals surface area contributed by atoms with E-state index >= 15 is 0 Å². The number of carbonyl (C=O) groups is 3. The lowest BCUT2D eigenvalue weighted by Gasteiger charge is -2.21. The minimum Gasteiger partial charge on any atom is -0.463 e. The maximum Gasteiger partial charge on any atom is 0.472 e. The number of aliphatic hydroxyl groups is 2. The molecule has 0 aromatic carbocycles. The van der Waals surface area contributed by atoms with Crippen LogP contribution in [0.25, 0.3) is 0 Å². The van der Waals surface area contributed by atoms with Gasteiger partial charge in [-0.25, -0.2) is 9.13 Å². The summed E-state index contributed by atoms with van der Waals surface area (Å²) < 4.78 is 60.8. The first-order valence-corrected chi connectivity index (χ1v) is 37.2. The second kappa shape index (κ2) is 64.3. The van der Waals surface area contributed by atoms with Gasteiger partial charge < -0.3 is 34.2 Å². The van der Waals surface area contributed by atoms with E-state index in [1.54, 1.807) is 0 Å². The van der Waals surface area contributed by atoms with Crippen molar-refractivity contribution < 1.29 is 75.8 Å². The molecule has 512 valence electrons. The van der Waals surface area contributed by atoms with Crippen molar-refractivity contribution in [2.75, 3.05) is 39.6 Å². The summed E-state index contributed by atoms with van der Waals surface area (Å²) in [5, 5.41) is 20.5. The molecular weight excluding hydrogens is 1170 g/mol. The molecular formula is C71H122O16P2. The Morgan fingerprint density at radius 1 is 0.315 bits per heavy atom. The van der Waals surface area contributed by atoms with E-state index in [0.717, 1.165) is 161 Å². The van der Waals surface area contributed by atoms with E-state index in [9.17, 15) is 43.5 Å². The molecule has 16 nitrogen and oxygen atoms in total. The summed E-state index contributed by atoms with van der Waals surface area (Å²) in [5.74, 6) is -1.63. The van der Waals surface area contributed by atoms with Gasteiger partial charge in [0.15, 0.2) is 6.10 Å². The first kappa shape index (κ1) is 85.2. The van der Waals surface area contributed by atoms with Crippen molar-refractivity contribution in [2.45, 2.75) is 283 Å². The first-order valence-electron chi connectivity index (χ1n) is 34.2. The Kier molecular flexibility index (Phi) is 61.6. The summed E-state index contributed by atoms with van der Waals surface area (Å²) in [6.07, 6.45) is 71.4. The maximum absolute atomic E-state index is 12.9. The number of unbranched alkanes of at least 4 members (excludes halogenated alkanes) is 23. The second-order valence-corrected chi connectivity index (χ2v) is 25.5. The van der Waals surface area contributed by atoms with E-state index in [2.05, 4.69) is 130 Å². The van der Waals surface area contributed by atoms with Crippen LogP contribution >= 0.6 is 15.6 Å². The number of aliphatic hydroxyl groups excluding tert-OH is 2. The third-order valence-electron chi connectivity index (χ3n) is 13.9. The predicted molar refractivity (Wildman–Crippen MR) is 362 cm³/mol. The van der Waals surface area contributed by atoms with Crippen LogP contribution in [-0.2, 0) is 55.8 Å². The number of carbonyl (C=O) groups excluding carboxylic acids is 3. The van der Waals surface area contributed by atoms with Crippen LogP contribution in [0.15, 0.2) is 109 Å². The quantitative estimate of drug-likeness (QED) is 0.0146. The maximum atomic E-state index is 12.9. The van der Waals surface area contributed by atoms with Gasteiger partial charge in [0.05, 0.1) is 26.4 Å². The van der Waals surface area contributed by atoms with Gasteiger partial charge in [0.1, 0.15) is 25.4 Å². The fourth-order valence-electron chi connectivity index (χ4n) is 8.66. The summed E-state index contributed by atoms with van der Waals surface area (Å²) in [4.78, 5) is 58.3. The summed E-state index contributed by atoms with van der Waals surface area (Å²) >= 11 is 0. The van der Waals surface area contributed by atoms with Crippen molar-refractivity contribution in [1.82, 2.24) is 0 Å². The van der Waals surface area contributed by atoms with Crippen LogP contribution in [0.2, 0.25) is 0 Å². The highest BCUT2D eigenvalue weighted by molar-refractivity contribution is 7.47. The van der Waals surface area contributed by atoms with Crippen LogP contribution in [0.5, 0.6) is 0 Å². The molecule has 0 heterocycles. The van der Waals surface area contributed by atoms with Gasteiger partial charge in [0.2, 0.25) is 0 Å². The minimum absolute atomic E-state index is 0.0827. The van der Waals surface area contributed by atoms with Gasteiger partial charge in [-0.05, 0) is 128 Å². The summed E-state index contributed by atoms with van der Waals surface area (Å²) in [7, 11) is -9.79. The van der Waals surface area contributed by atoms with Crippen LogP contribution in [0.3, 0.4) is 0 Å². The van der Waals surface area contributed by atoms with Crippen molar-refractivity contribution in [3.63, 3.8) is 0 Å². The highest BCUT2D eigenvalue weighted by Gasteiger charge is 2.29. The lowest BCUT2D eigenvalue weighted by molar-refractivity contribution is -0.161. The molecule has 0 aromatic rings. The Hall–Kier alpha value is -3.79. The smallest absolute Gasteiger partial charge is 0.463 e. The van der Waals surface area contributed by atoms with Crippen molar-refractivity contribution in [2.24, 2.45) is 0 Å². The molecule has 0 bridgehead atoms. The van der Waals surface area contributed by atoms with E-state index < -0.39 is 91.5 Å². The molecule has 5 atom stereocenters. The van der Waals surface area contributed by atoms with E-state index in [1.165, 1.54) is 44.9 Å². The van der Waals surface area contributed by atoms with Crippen molar-refractivity contribution in [3.05, 3.63) is 109 Å². The average molecular weight is 1290 g/mol. The van der Waals surface area contributed by atoms with Crippen LogP contribution in [-0.4, -0.2) is 95.9 Å². The summed E-state index contributed by atoms with van der Waals surface area (Å²) in [5.41, 5.74) is 0. The standard InChI is InChI=1S/C71H122O16P2/c1-4-7-10-13-16-19-22-25-27-29-31-32-34-36-37-40-42-45-48-51-54-57-69(74)81-60-66(72)61-83-88(77,78)84-62-67(73)63-85-89(79,80)86-65-68(87-71(76)59-56-53-50-47-44-39-24-21-18-15-12-9-6-3)64-82-70(75)58-55-52-49-46-43-41-38-35-33-30-28-26-23-20-17-14-11-8-5-2/h12,15-17,19-21,24-28,31-33,35-37,66-68,72-73H,4-11,13-14,18,22-23,29-30,34,38-65H2,1-3H3,(H,77,78)(H,79,80)/b15-12-,19-16-,20-17-,24-21-,27-25-,28-26-,32-31-,35-33-,37-36-. The van der Waals surface area contributed by atoms with Crippen LogP contribution in [0.4, 0.5) is 0 Å². The number of phosphoric acid groups is 2. The molecule has 0 aliphatic carbocycles. The van der Waals surface area contributed by atoms with E-state index in [4.69, 9.17) is 32.3 Å².